The van der Waals surface area contributed by atoms with Crippen molar-refractivity contribution in [1.82, 2.24) is 10.3 Å². The molecule has 1 aliphatic rings. The number of hydrogen-bond donors (Lipinski definition) is 2. The molecule has 0 spiro atoms. The Bertz CT molecular complexity index is 1180. The number of anilines is 1. The highest BCUT2D eigenvalue weighted by molar-refractivity contribution is 5.86. The summed E-state index contributed by atoms with van der Waals surface area (Å²) in [7, 11) is 0. The number of phenols is 1. The van der Waals surface area contributed by atoms with Gasteiger partial charge in [-0.2, -0.15) is 5.26 Å². The fourth-order valence-electron chi connectivity index (χ4n) is 4.13. The molecule has 0 unspecified atom stereocenters. The van der Waals surface area contributed by atoms with Crippen molar-refractivity contribution in [2.75, 3.05) is 18.0 Å². The fourth-order valence-corrected chi connectivity index (χ4v) is 4.13. The van der Waals surface area contributed by atoms with Crippen LogP contribution in [-0.2, 0) is 4.79 Å². The number of pyridine rings is 1. The van der Waals surface area contributed by atoms with Crippen LogP contribution in [0.5, 0.6) is 5.75 Å². The summed E-state index contributed by atoms with van der Waals surface area (Å²) in [6.45, 7) is 5.54. The van der Waals surface area contributed by atoms with E-state index in [9.17, 15) is 9.90 Å². The normalized spacial score (nSPS) is 15.5. The van der Waals surface area contributed by atoms with E-state index in [2.05, 4.69) is 30.1 Å². The highest BCUT2D eigenvalue weighted by Crippen LogP contribution is 2.35. The molecule has 0 aliphatic carbocycles. The molecular formula is C27H28N4O2. The molecule has 0 bridgehead atoms. The van der Waals surface area contributed by atoms with Crippen molar-refractivity contribution >= 4 is 11.7 Å². The first kappa shape index (κ1) is 22.3. The van der Waals surface area contributed by atoms with Gasteiger partial charge in [0.2, 0.25) is 5.91 Å². The quantitative estimate of drug-likeness (QED) is 0.578. The maximum absolute atomic E-state index is 12.9. The highest BCUT2D eigenvalue weighted by Gasteiger charge is 2.32. The Balaban J connectivity index is 1.76. The number of carbonyl (C=O) groups is 1. The van der Waals surface area contributed by atoms with Gasteiger partial charge in [0.05, 0.1) is 17.3 Å². The Morgan fingerprint density at radius 1 is 1.18 bits per heavy atom. The first-order chi connectivity index (χ1) is 16.0. The van der Waals surface area contributed by atoms with Gasteiger partial charge in [-0.05, 0) is 66.3 Å². The number of hydrogen-bond acceptors (Lipinski definition) is 5. The average Bonchev–Trinajstić information content (AvgIpc) is 3.33. The van der Waals surface area contributed by atoms with Gasteiger partial charge < -0.3 is 15.3 Å². The Morgan fingerprint density at radius 3 is 2.64 bits per heavy atom. The van der Waals surface area contributed by atoms with Crippen molar-refractivity contribution in [3.05, 3.63) is 66.2 Å². The molecule has 1 amide bonds. The number of aromatic nitrogens is 1. The Kier molecular flexibility index (Phi) is 6.60. The zero-order valence-corrected chi connectivity index (χ0v) is 19.0. The second kappa shape index (κ2) is 9.74. The molecule has 1 fully saturated rings. The molecule has 0 saturated carbocycles. The number of nitriles is 1. The van der Waals surface area contributed by atoms with E-state index in [4.69, 9.17) is 10.2 Å². The van der Waals surface area contributed by atoms with E-state index in [0.29, 0.717) is 35.1 Å². The van der Waals surface area contributed by atoms with Gasteiger partial charge in [-0.3, -0.25) is 4.79 Å². The zero-order valence-electron chi connectivity index (χ0n) is 19.0. The Hall–Kier alpha value is -3.85. The summed E-state index contributed by atoms with van der Waals surface area (Å²) in [5, 5.41) is 22.7. The molecule has 6 heteroatoms. The Labute approximate surface area is 194 Å². The van der Waals surface area contributed by atoms with Gasteiger partial charge in [-0.1, -0.05) is 38.1 Å². The van der Waals surface area contributed by atoms with Crippen LogP contribution in [0.1, 0.15) is 32.3 Å². The van der Waals surface area contributed by atoms with Crippen LogP contribution in [0.15, 0.2) is 60.7 Å². The van der Waals surface area contributed by atoms with Gasteiger partial charge in [0.15, 0.2) is 0 Å². The standard InChI is InChI=1S/C27H28N4O2/c1-18(2)17-29-27(33)24-7-5-13-31(24)26-15-21(20-11-9-19(16-28)10-12-20)14-23(30-26)22-6-3-4-8-25(22)32/h3-4,6,8-12,14-15,18,24,32H,5,7,13,17H2,1-2H3,(H,29,33)/t24-/m0/s1. The molecule has 33 heavy (non-hydrogen) atoms. The number of carbonyl (C=O) groups excluding carboxylic acids is 1. The van der Waals surface area contributed by atoms with E-state index >= 15 is 0 Å². The molecule has 3 aromatic rings. The second-order valence-electron chi connectivity index (χ2n) is 8.80. The zero-order chi connectivity index (χ0) is 23.4. The summed E-state index contributed by atoms with van der Waals surface area (Å²) in [4.78, 5) is 19.8. The predicted molar refractivity (Wildman–Crippen MR) is 130 cm³/mol. The molecule has 1 aliphatic heterocycles. The van der Waals surface area contributed by atoms with E-state index in [-0.39, 0.29) is 17.7 Å². The van der Waals surface area contributed by atoms with E-state index in [1.165, 1.54) is 0 Å². The van der Waals surface area contributed by atoms with Gasteiger partial charge in [-0.15, -0.1) is 0 Å². The lowest BCUT2D eigenvalue weighted by Crippen LogP contribution is -2.44. The van der Waals surface area contributed by atoms with E-state index in [1.807, 2.05) is 36.4 Å². The molecule has 2 aromatic carbocycles. The van der Waals surface area contributed by atoms with Crippen molar-refractivity contribution in [2.45, 2.75) is 32.7 Å². The number of aromatic hydroxyl groups is 1. The Morgan fingerprint density at radius 2 is 1.94 bits per heavy atom. The van der Waals surface area contributed by atoms with Gasteiger partial charge in [0, 0.05) is 18.7 Å². The van der Waals surface area contributed by atoms with Crippen molar-refractivity contribution < 1.29 is 9.90 Å². The summed E-state index contributed by atoms with van der Waals surface area (Å²) in [6, 6.07) is 20.3. The van der Waals surface area contributed by atoms with Crippen LogP contribution in [0.25, 0.3) is 22.4 Å². The number of phenolic OH excluding ortho intramolecular Hbond substituents is 1. The molecule has 1 saturated heterocycles. The predicted octanol–water partition coefficient (Wildman–Crippen LogP) is 4.73. The molecule has 4 rings (SSSR count). The van der Waals surface area contributed by atoms with Crippen molar-refractivity contribution in [3.8, 4) is 34.2 Å². The summed E-state index contributed by atoms with van der Waals surface area (Å²) in [5.74, 6) is 1.27. The lowest BCUT2D eigenvalue weighted by molar-refractivity contribution is -0.122. The first-order valence-corrected chi connectivity index (χ1v) is 11.3. The summed E-state index contributed by atoms with van der Waals surface area (Å²) < 4.78 is 0. The third kappa shape index (κ3) is 4.98. The topological polar surface area (TPSA) is 89.2 Å². The largest absolute Gasteiger partial charge is 0.507 e. The van der Waals surface area contributed by atoms with Gasteiger partial charge >= 0.3 is 0 Å². The third-order valence-electron chi connectivity index (χ3n) is 5.87. The van der Waals surface area contributed by atoms with Crippen LogP contribution in [0.3, 0.4) is 0 Å². The number of amides is 1. The van der Waals surface area contributed by atoms with Crippen molar-refractivity contribution in [1.29, 1.82) is 5.26 Å². The second-order valence-corrected chi connectivity index (χ2v) is 8.80. The lowest BCUT2D eigenvalue weighted by atomic mass is 10.0. The smallest absolute Gasteiger partial charge is 0.242 e. The van der Waals surface area contributed by atoms with Crippen LogP contribution in [0.2, 0.25) is 0 Å². The molecule has 0 radical (unpaired) electrons. The van der Waals surface area contributed by atoms with Gasteiger partial charge in [0.25, 0.3) is 0 Å². The van der Waals surface area contributed by atoms with Gasteiger partial charge in [-0.25, -0.2) is 4.98 Å². The van der Waals surface area contributed by atoms with E-state index in [1.54, 1.807) is 24.3 Å². The van der Waals surface area contributed by atoms with Crippen LogP contribution in [0, 0.1) is 17.2 Å². The molecule has 168 valence electrons. The number of para-hydroxylation sites is 1. The minimum atomic E-state index is -0.273. The van der Waals surface area contributed by atoms with Crippen LogP contribution in [0.4, 0.5) is 5.82 Å². The third-order valence-corrected chi connectivity index (χ3v) is 5.87. The van der Waals surface area contributed by atoms with Crippen LogP contribution in [-0.4, -0.2) is 35.1 Å². The summed E-state index contributed by atoms with van der Waals surface area (Å²) in [5.41, 5.74) is 3.72. The molecule has 1 atom stereocenters. The van der Waals surface area contributed by atoms with Crippen molar-refractivity contribution in [3.63, 3.8) is 0 Å². The monoisotopic (exact) mass is 440 g/mol. The maximum atomic E-state index is 12.9. The van der Waals surface area contributed by atoms with E-state index in [0.717, 1.165) is 30.5 Å². The average molecular weight is 441 g/mol. The first-order valence-electron chi connectivity index (χ1n) is 11.3. The maximum Gasteiger partial charge on any atom is 0.242 e. The van der Waals surface area contributed by atoms with Crippen LogP contribution >= 0.6 is 0 Å². The number of nitrogens with zero attached hydrogens (tertiary/aromatic N) is 3. The van der Waals surface area contributed by atoms with Crippen LogP contribution < -0.4 is 10.2 Å². The number of nitrogens with one attached hydrogen (secondary N) is 1. The molecular weight excluding hydrogens is 412 g/mol. The number of rotatable bonds is 6. The molecule has 6 nitrogen and oxygen atoms in total. The van der Waals surface area contributed by atoms with Crippen molar-refractivity contribution in [2.24, 2.45) is 5.92 Å². The minimum absolute atomic E-state index is 0.0240. The molecule has 2 N–H and O–H groups in total. The van der Waals surface area contributed by atoms with E-state index < -0.39 is 0 Å². The summed E-state index contributed by atoms with van der Waals surface area (Å²) in [6.07, 6.45) is 1.69. The summed E-state index contributed by atoms with van der Waals surface area (Å²) >= 11 is 0. The molecule has 2 heterocycles. The molecule has 1 aromatic heterocycles. The highest BCUT2D eigenvalue weighted by atomic mass is 16.3. The van der Waals surface area contributed by atoms with Gasteiger partial charge in [0.1, 0.15) is 17.6 Å². The number of benzene rings is 2. The fraction of sp³-hybridized carbons (Fsp3) is 0.296. The lowest BCUT2D eigenvalue weighted by Gasteiger charge is -2.26. The minimum Gasteiger partial charge on any atom is -0.507 e. The SMILES string of the molecule is CC(C)CNC(=O)[C@@H]1CCCN1c1cc(-c2ccc(C#N)cc2)cc(-c2ccccc2O)n1.